The molecule has 3 rings (SSSR count). The van der Waals surface area contributed by atoms with Gasteiger partial charge >= 0.3 is 0 Å². The molecule has 1 aromatic heterocycles. The van der Waals surface area contributed by atoms with Crippen molar-refractivity contribution in [1.29, 1.82) is 0 Å². The number of rotatable bonds is 2. The summed E-state index contributed by atoms with van der Waals surface area (Å²) in [5.41, 5.74) is 7.44. The lowest BCUT2D eigenvalue weighted by Crippen LogP contribution is -2.47. The lowest BCUT2D eigenvalue weighted by atomic mass is 9.97. The molecule has 116 valence electrons. The largest absolute Gasteiger partial charge is 0.451 e. The van der Waals surface area contributed by atoms with Gasteiger partial charge in [-0.2, -0.15) is 0 Å². The van der Waals surface area contributed by atoms with E-state index in [-0.39, 0.29) is 18.0 Å². The van der Waals surface area contributed by atoms with Crippen LogP contribution in [0.25, 0.3) is 11.3 Å². The van der Waals surface area contributed by atoms with E-state index >= 15 is 0 Å². The number of nitrogens with two attached hydrogens (primary N) is 1. The number of carbonyl (C=O) groups is 1. The number of anilines is 1. The van der Waals surface area contributed by atoms with Crippen LogP contribution in [0, 0.1) is 0 Å². The minimum Gasteiger partial charge on any atom is -0.451 e. The van der Waals surface area contributed by atoms with Crippen LogP contribution in [0.5, 0.6) is 0 Å². The molecule has 0 spiro atoms. The summed E-state index contributed by atoms with van der Waals surface area (Å²) in [5.74, 6) is 0.998. The highest BCUT2D eigenvalue weighted by Gasteiger charge is 2.31. The van der Waals surface area contributed by atoms with Gasteiger partial charge < -0.3 is 15.1 Å². The molecule has 22 heavy (non-hydrogen) atoms. The van der Waals surface area contributed by atoms with Gasteiger partial charge in [0.2, 0.25) is 0 Å². The number of carbonyl (C=O) groups excluding carboxylic acids is 1. The molecule has 1 fully saturated rings. The number of piperidine rings is 1. The van der Waals surface area contributed by atoms with Crippen LogP contribution in [-0.4, -0.2) is 22.9 Å². The Hall–Kier alpha value is -2.23. The molecule has 1 amide bonds. The summed E-state index contributed by atoms with van der Waals surface area (Å²) in [4.78, 5) is 14.7. The van der Waals surface area contributed by atoms with Gasteiger partial charge in [-0.3, -0.25) is 4.79 Å². The first-order valence-corrected chi connectivity index (χ1v) is 7.85. The van der Waals surface area contributed by atoms with Gasteiger partial charge in [-0.25, -0.2) is 0 Å². The minimum absolute atomic E-state index is 0.0274. The lowest BCUT2D eigenvalue weighted by molar-refractivity contribution is 0.0479. The maximum Gasteiger partial charge on any atom is 0.290 e. The average molecular weight is 298 g/mol. The molecule has 4 heteroatoms. The highest BCUT2D eigenvalue weighted by atomic mass is 16.4. The van der Waals surface area contributed by atoms with E-state index in [0.29, 0.717) is 17.2 Å². The summed E-state index contributed by atoms with van der Waals surface area (Å²) in [6.07, 6.45) is 3.28. The topological polar surface area (TPSA) is 59.5 Å². The van der Waals surface area contributed by atoms with Gasteiger partial charge in [0.05, 0.1) is 0 Å². The van der Waals surface area contributed by atoms with E-state index in [1.807, 2.05) is 35.2 Å². The Morgan fingerprint density at radius 1 is 1.14 bits per heavy atom. The Bertz CT molecular complexity index is 667. The standard InChI is InChI=1S/C18H22N2O2/c1-12-6-5-7-13(2)20(12)18(21)17-11-10-16(22-17)14-8-3-4-9-15(14)19/h3-4,8-13H,5-7,19H2,1-2H3/t12-,13-/m1/s1. The van der Waals surface area contributed by atoms with Gasteiger partial charge in [0.1, 0.15) is 5.76 Å². The van der Waals surface area contributed by atoms with Crippen LogP contribution in [0.15, 0.2) is 40.8 Å². The average Bonchev–Trinajstić information content (AvgIpc) is 2.97. The van der Waals surface area contributed by atoms with Crippen LogP contribution in [0.1, 0.15) is 43.7 Å². The Morgan fingerprint density at radius 2 is 1.82 bits per heavy atom. The molecule has 2 heterocycles. The third-order valence-electron chi connectivity index (χ3n) is 4.47. The molecule has 2 atom stereocenters. The third kappa shape index (κ3) is 2.61. The zero-order valence-corrected chi connectivity index (χ0v) is 13.1. The monoisotopic (exact) mass is 298 g/mol. The number of amides is 1. The van der Waals surface area contributed by atoms with Gasteiger partial charge in [0, 0.05) is 23.3 Å². The first kappa shape index (κ1) is 14.7. The van der Waals surface area contributed by atoms with E-state index in [4.69, 9.17) is 10.2 Å². The van der Waals surface area contributed by atoms with Crippen LogP contribution in [-0.2, 0) is 0 Å². The lowest BCUT2D eigenvalue weighted by Gasteiger charge is -2.38. The SMILES string of the molecule is C[C@@H]1CCC[C@@H](C)N1C(=O)c1ccc(-c2ccccc2N)o1. The van der Waals surface area contributed by atoms with E-state index in [2.05, 4.69) is 13.8 Å². The van der Waals surface area contributed by atoms with Crippen molar-refractivity contribution < 1.29 is 9.21 Å². The Kier molecular flexibility index (Phi) is 3.92. The van der Waals surface area contributed by atoms with Gasteiger partial charge in [0.15, 0.2) is 5.76 Å². The molecule has 1 aromatic carbocycles. The van der Waals surface area contributed by atoms with E-state index < -0.39 is 0 Å². The zero-order chi connectivity index (χ0) is 15.7. The van der Waals surface area contributed by atoms with Crippen LogP contribution in [0.3, 0.4) is 0 Å². The van der Waals surface area contributed by atoms with Gasteiger partial charge in [-0.1, -0.05) is 12.1 Å². The smallest absolute Gasteiger partial charge is 0.290 e. The molecule has 0 aliphatic carbocycles. The van der Waals surface area contributed by atoms with Crippen LogP contribution in [0.4, 0.5) is 5.69 Å². The predicted octanol–water partition coefficient (Wildman–Crippen LogP) is 3.93. The molecule has 0 radical (unpaired) electrons. The number of furan rings is 1. The van der Waals surface area contributed by atoms with Crippen LogP contribution in [0.2, 0.25) is 0 Å². The summed E-state index contributed by atoms with van der Waals surface area (Å²) in [6.45, 7) is 4.21. The van der Waals surface area contributed by atoms with Crippen molar-refractivity contribution in [2.45, 2.75) is 45.2 Å². The van der Waals surface area contributed by atoms with Crippen molar-refractivity contribution in [3.05, 3.63) is 42.2 Å². The van der Waals surface area contributed by atoms with E-state index in [1.165, 1.54) is 6.42 Å². The second-order valence-corrected chi connectivity index (χ2v) is 6.09. The fourth-order valence-electron chi connectivity index (χ4n) is 3.27. The highest BCUT2D eigenvalue weighted by molar-refractivity contribution is 5.93. The molecule has 0 saturated carbocycles. The molecule has 0 unspecified atom stereocenters. The second-order valence-electron chi connectivity index (χ2n) is 6.09. The molecule has 0 bridgehead atoms. The second kappa shape index (κ2) is 5.87. The fraction of sp³-hybridized carbons (Fsp3) is 0.389. The number of benzene rings is 1. The minimum atomic E-state index is -0.0274. The van der Waals surface area contributed by atoms with E-state index in [1.54, 1.807) is 6.07 Å². The van der Waals surface area contributed by atoms with Crippen molar-refractivity contribution in [3.63, 3.8) is 0 Å². The van der Waals surface area contributed by atoms with Crippen molar-refractivity contribution in [3.8, 4) is 11.3 Å². The van der Waals surface area contributed by atoms with Crippen molar-refractivity contribution in [2.24, 2.45) is 0 Å². The fourth-order valence-corrected chi connectivity index (χ4v) is 3.27. The van der Waals surface area contributed by atoms with Gasteiger partial charge in [-0.15, -0.1) is 0 Å². The first-order valence-electron chi connectivity index (χ1n) is 7.85. The Balaban J connectivity index is 1.87. The number of nitrogen functional groups attached to an aromatic ring is 1. The van der Waals surface area contributed by atoms with Crippen LogP contribution >= 0.6 is 0 Å². The maximum absolute atomic E-state index is 12.8. The van der Waals surface area contributed by atoms with Crippen molar-refractivity contribution in [1.82, 2.24) is 4.90 Å². The number of hydrogen-bond acceptors (Lipinski definition) is 3. The number of para-hydroxylation sites is 1. The van der Waals surface area contributed by atoms with Crippen molar-refractivity contribution >= 4 is 11.6 Å². The summed E-state index contributed by atoms with van der Waals surface area (Å²) in [7, 11) is 0. The van der Waals surface area contributed by atoms with Crippen LogP contribution < -0.4 is 5.73 Å². The summed E-state index contributed by atoms with van der Waals surface area (Å²) < 4.78 is 5.79. The third-order valence-corrected chi connectivity index (χ3v) is 4.47. The van der Waals surface area contributed by atoms with Gasteiger partial charge in [0.25, 0.3) is 5.91 Å². The zero-order valence-electron chi connectivity index (χ0n) is 13.1. The normalized spacial score (nSPS) is 21.8. The molecule has 1 aliphatic heterocycles. The highest BCUT2D eigenvalue weighted by Crippen LogP contribution is 2.30. The Labute approximate surface area is 130 Å². The number of hydrogen-bond donors (Lipinski definition) is 1. The van der Waals surface area contributed by atoms with Gasteiger partial charge in [-0.05, 0) is 57.4 Å². The molecule has 2 aromatic rings. The summed E-state index contributed by atoms with van der Waals surface area (Å²) >= 11 is 0. The van der Waals surface area contributed by atoms with E-state index in [9.17, 15) is 4.79 Å². The Morgan fingerprint density at radius 3 is 2.50 bits per heavy atom. The molecular formula is C18H22N2O2. The van der Waals surface area contributed by atoms with Crippen molar-refractivity contribution in [2.75, 3.05) is 5.73 Å². The first-order chi connectivity index (χ1) is 10.6. The summed E-state index contributed by atoms with van der Waals surface area (Å²) in [5, 5.41) is 0. The molecule has 1 aliphatic rings. The molecule has 4 nitrogen and oxygen atoms in total. The predicted molar refractivity (Wildman–Crippen MR) is 87.5 cm³/mol. The quantitative estimate of drug-likeness (QED) is 0.854. The molecule has 1 saturated heterocycles. The molecule has 2 N–H and O–H groups in total. The molecular weight excluding hydrogens is 276 g/mol. The number of nitrogens with zero attached hydrogens (tertiary/aromatic N) is 1. The maximum atomic E-state index is 12.8. The van der Waals surface area contributed by atoms with E-state index in [0.717, 1.165) is 18.4 Å². The number of likely N-dealkylation sites (tertiary alicyclic amines) is 1. The summed E-state index contributed by atoms with van der Waals surface area (Å²) in [6, 6.07) is 11.6.